The standard InChI is InChI=1S/C16H16FN.ClH/c1-16(13-6-4-7-14(17)11-13)15-8-3-2-5-12(15)9-10-18-16;/h2-8,11,18H,9-10H2,1H3;1H. The van der Waals surface area contributed by atoms with Crippen molar-refractivity contribution in [3.05, 3.63) is 71.0 Å². The number of rotatable bonds is 1. The quantitative estimate of drug-likeness (QED) is 0.839. The van der Waals surface area contributed by atoms with Gasteiger partial charge in [-0.25, -0.2) is 4.39 Å². The molecule has 0 fully saturated rings. The zero-order valence-electron chi connectivity index (χ0n) is 10.8. The van der Waals surface area contributed by atoms with Crippen molar-refractivity contribution in [3.63, 3.8) is 0 Å². The molecule has 1 heterocycles. The fourth-order valence-corrected chi connectivity index (χ4v) is 2.83. The van der Waals surface area contributed by atoms with Crippen molar-refractivity contribution in [1.29, 1.82) is 0 Å². The Morgan fingerprint density at radius 2 is 1.89 bits per heavy atom. The van der Waals surface area contributed by atoms with Gasteiger partial charge in [0.15, 0.2) is 0 Å². The lowest BCUT2D eigenvalue weighted by Gasteiger charge is -2.37. The van der Waals surface area contributed by atoms with Gasteiger partial charge in [-0.1, -0.05) is 36.4 Å². The third kappa shape index (κ3) is 2.38. The average Bonchev–Trinajstić information content (AvgIpc) is 2.39. The van der Waals surface area contributed by atoms with Gasteiger partial charge in [0, 0.05) is 6.54 Å². The Morgan fingerprint density at radius 1 is 1.11 bits per heavy atom. The van der Waals surface area contributed by atoms with Crippen molar-refractivity contribution in [2.45, 2.75) is 18.9 Å². The molecule has 1 N–H and O–H groups in total. The predicted molar refractivity (Wildman–Crippen MR) is 78.3 cm³/mol. The molecule has 100 valence electrons. The highest BCUT2D eigenvalue weighted by atomic mass is 35.5. The summed E-state index contributed by atoms with van der Waals surface area (Å²) in [5, 5.41) is 3.53. The van der Waals surface area contributed by atoms with Crippen LogP contribution in [0.1, 0.15) is 23.6 Å². The minimum absolute atomic E-state index is 0. The fourth-order valence-electron chi connectivity index (χ4n) is 2.83. The third-order valence-corrected chi connectivity index (χ3v) is 3.83. The topological polar surface area (TPSA) is 12.0 Å². The molecule has 0 saturated heterocycles. The molecule has 0 bridgehead atoms. The molecule has 19 heavy (non-hydrogen) atoms. The molecule has 0 saturated carbocycles. The highest BCUT2D eigenvalue weighted by molar-refractivity contribution is 5.85. The first-order chi connectivity index (χ1) is 8.70. The minimum atomic E-state index is -0.295. The molecular weight excluding hydrogens is 261 g/mol. The highest BCUT2D eigenvalue weighted by Gasteiger charge is 2.33. The number of hydrogen-bond donors (Lipinski definition) is 1. The van der Waals surface area contributed by atoms with Gasteiger partial charge < -0.3 is 5.32 Å². The van der Waals surface area contributed by atoms with Gasteiger partial charge in [-0.2, -0.15) is 0 Å². The van der Waals surface area contributed by atoms with Crippen LogP contribution in [-0.2, 0) is 12.0 Å². The molecule has 0 radical (unpaired) electrons. The van der Waals surface area contributed by atoms with Crippen molar-refractivity contribution in [3.8, 4) is 0 Å². The van der Waals surface area contributed by atoms with Gasteiger partial charge in [0.1, 0.15) is 5.82 Å². The second-order valence-corrected chi connectivity index (χ2v) is 4.97. The Balaban J connectivity index is 0.00000133. The van der Waals surface area contributed by atoms with E-state index >= 15 is 0 Å². The van der Waals surface area contributed by atoms with E-state index in [1.54, 1.807) is 12.1 Å². The zero-order valence-corrected chi connectivity index (χ0v) is 11.6. The molecule has 1 aliphatic heterocycles. The SMILES string of the molecule is CC1(c2cccc(F)c2)NCCc2ccccc21.Cl. The smallest absolute Gasteiger partial charge is 0.123 e. The second kappa shape index (κ2) is 5.32. The molecule has 0 spiro atoms. The van der Waals surface area contributed by atoms with Gasteiger partial charge in [0.2, 0.25) is 0 Å². The van der Waals surface area contributed by atoms with E-state index in [9.17, 15) is 4.39 Å². The first-order valence-electron chi connectivity index (χ1n) is 6.29. The van der Waals surface area contributed by atoms with Crippen LogP contribution in [0.2, 0.25) is 0 Å². The van der Waals surface area contributed by atoms with E-state index in [0.29, 0.717) is 0 Å². The van der Waals surface area contributed by atoms with E-state index in [1.807, 2.05) is 12.1 Å². The molecule has 2 aromatic carbocycles. The molecule has 1 atom stereocenters. The number of hydrogen-bond acceptors (Lipinski definition) is 1. The summed E-state index contributed by atoms with van der Waals surface area (Å²) in [7, 11) is 0. The summed E-state index contributed by atoms with van der Waals surface area (Å²) in [6.45, 7) is 3.05. The highest BCUT2D eigenvalue weighted by Crippen LogP contribution is 2.34. The van der Waals surface area contributed by atoms with Crippen molar-refractivity contribution in [2.75, 3.05) is 6.54 Å². The Morgan fingerprint density at radius 3 is 2.68 bits per heavy atom. The second-order valence-electron chi connectivity index (χ2n) is 4.97. The van der Waals surface area contributed by atoms with Gasteiger partial charge >= 0.3 is 0 Å². The normalized spacial score (nSPS) is 21.4. The van der Waals surface area contributed by atoms with Crippen molar-refractivity contribution < 1.29 is 4.39 Å². The van der Waals surface area contributed by atoms with E-state index in [-0.39, 0.29) is 23.8 Å². The zero-order chi connectivity index (χ0) is 12.6. The van der Waals surface area contributed by atoms with Crippen LogP contribution in [0.25, 0.3) is 0 Å². The van der Waals surface area contributed by atoms with Gasteiger partial charge in [-0.05, 0) is 42.2 Å². The Kier molecular flexibility index (Phi) is 3.93. The molecular formula is C16H17ClFN. The molecule has 0 aromatic heterocycles. The minimum Gasteiger partial charge on any atom is -0.304 e. The molecule has 0 aliphatic carbocycles. The lowest BCUT2D eigenvalue weighted by atomic mass is 9.79. The van der Waals surface area contributed by atoms with Gasteiger partial charge in [-0.15, -0.1) is 12.4 Å². The summed E-state index contributed by atoms with van der Waals surface area (Å²) in [6.07, 6.45) is 1.03. The molecule has 0 amide bonds. The van der Waals surface area contributed by atoms with Crippen molar-refractivity contribution >= 4 is 12.4 Å². The maximum Gasteiger partial charge on any atom is 0.123 e. The summed E-state index contributed by atoms with van der Waals surface area (Å²) in [5.41, 5.74) is 3.29. The maximum absolute atomic E-state index is 13.4. The van der Waals surface area contributed by atoms with Crippen LogP contribution < -0.4 is 5.32 Å². The van der Waals surface area contributed by atoms with Crippen molar-refractivity contribution in [1.82, 2.24) is 5.32 Å². The van der Waals surface area contributed by atoms with Crippen LogP contribution in [0.15, 0.2) is 48.5 Å². The average molecular weight is 278 g/mol. The van der Waals surface area contributed by atoms with E-state index < -0.39 is 0 Å². The van der Waals surface area contributed by atoms with Crippen LogP contribution in [0.3, 0.4) is 0 Å². The largest absolute Gasteiger partial charge is 0.304 e. The number of nitrogens with one attached hydrogen (secondary N) is 1. The molecule has 3 heteroatoms. The first-order valence-corrected chi connectivity index (χ1v) is 6.29. The summed E-state index contributed by atoms with van der Waals surface area (Å²) in [6, 6.07) is 15.3. The Labute approximate surface area is 119 Å². The molecule has 1 aliphatic rings. The van der Waals surface area contributed by atoms with Crippen molar-refractivity contribution in [2.24, 2.45) is 0 Å². The maximum atomic E-state index is 13.4. The summed E-state index contributed by atoms with van der Waals surface area (Å²) >= 11 is 0. The monoisotopic (exact) mass is 277 g/mol. The number of benzene rings is 2. The summed E-state index contributed by atoms with van der Waals surface area (Å²) < 4.78 is 13.4. The Hall–Kier alpha value is -1.38. The van der Waals surface area contributed by atoms with E-state index in [4.69, 9.17) is 0 Å². The number of halogens is 2. The summed E-state index contributed by atoms with van der Waals surface area (Å²) in [4.78, 5) is 0. The lowest BCUT2D eigenvalue weighted by Crippen LogP contribution is -2.45. The van der Waals surface area contributed by atoms with Crippen LogP contribution in [-0.4, -0.2) is 6.54 Å². The Bertz CT molecular complexity index is 584. The molecule has 1 nitrogen and oxygen atoms in total. The molecule has 1 unspecified atom stereocenters. The summed E-state index contributed by atoms with van der Waals surface area (Å²) in [5.74, 6) is -0.182. The van der Waals surface area contributed by atoms with Crippen LogP contribution in [0, 0.1) is 5.82 Å². The van der Waals surface area contributed by atoms with E-state index in [2.05, 4.69) is 30.4 Å². The van der Waals surface area contributed by atoms with Crippen LogP contribution in [0.5, 0.6) is 0 Å². The predicted octanol–water partition coefficient (Wildman–Crippen LogP) is 3.66. The lowest BCUT2D eigenvalue weighted by molar-refractivity contribution is 0.412. The van der Waals surface area contributed by atoms with Gasteiger partial charge in [-0.3, -0.25) is 0 Å². The first kappa shape index (κ1) is 14.0. The van der Waals surface area contributed by atoms with E-state index in [1.165, 1.54) is 17.2 Å². The number of fused-ring (bicyclic) bond motifs is 1. The van der Waals surface area contributed by atoms with Gasteiger partial charge in [0.05, 0.1) is 5.54 Å². The molecule has 2 aromatic rings. The molecule has 3 rings (SSSR count). The third-order valence-electron chi connectivity index (χ3n) is 3.83. The fraction of sp³-hybridized carbons (Fsp3) is 0.250. The van der Waals surface area contributed by atoms with Crippen LogP contribution in [0.4, 0.5) is 4.39 Å². The van der Waals surface area contributed by atoms with Crippen LogP contribution >= 0.6 is 12.4 Å². The van der Waals surface area contributed by atoms with Gasteiger partial charge in [0.25, 0.3) is 0 Å². The van der Waals surface area contributed by atoms with E-state index in [0.717, 1.165) is 18.5 Å².